The number of alkyl halides is 2. The van der Waals surface area contributed by atoms with Crippen LogP contribution in [0.2, 0.25) is 0 Å². The van der Waals surface area contributed by atoms with E-state index in [0.717, 1.165) is 23.4 Å². The molecule has 0 radical (unpaired) electrons. The second-order valence-electron chi connectivity index (χ2n) is 3.16. The summed E-state index contributed by atoms with van der Waals surface area (Å²) in [6.45, 7) is 2.05. The molecule has 0 spiro atoms. The second-order valence-corrected chi connectivity index (χ2v) is 4.11. The van der Waals surface area contributed by atoms with Gasteiger partial charge in [-0.2, -0.15) is 0 Å². The van der Waals surface area contributed by atoms with Crippen molar-refractivity contribution >= 4 is 11.3 Å². The zero-order valence-corrected chi connectivity index (χ0v) is 8.32. The molecule has 1 aliphatic heterocycles. The van der Waals surface area contributed by atoms with Crippen molar-refractivity contribution < 1.29 is 13.5 Å². The second kappa shape index (κ2) is 4.33. The van der Waals surface area contributed by atoms with E-state index in [1.54, 1.807) is 11.4 Å². The van der Waals surface area contributed by atoms with Crippen molar-refractivity contribution in [1.29, 1.82) is 0 Å². The van der Waals surface area contributed by atoms with Gasteiger partial charge in [0.15, 0.2) is 0 Å². The van der Waals surface area contributed by atoms with Gasteiger partial charge < -0.3 is 10.1 Å². The molecule has 0 aliphatic carbocycles. The summed E-state index contributed by atoms with van der Waals surface area (Å²) in [5.74, 6) is 0. The molecule has 1 aliphatic rings. The van der Waals surface area contributed by atoms with Crippen LogP contribution in [0.25, 0.3) is 0 Å². The first-order valence-corrected chi connectivity index (χ1v) is 5.33. The van der Waals surface area contributed by atoms with Crippen LogP contribution in [0.3, 0.4) is 0 Å². The van der Waals surface area contributed by atoms with E-state index in [2.05, 4.69) is 5.32 Å². The van der Waals surface area contributed by atoms with Crippen molar-refractivity contribution in [3.8, 4) is 0 Å². The molecule has 1 aromatic heterocycles. The molecule has 2 rings (SSSR count). The number of hydrogen-bond acceptors (Lipinski definition) is 3. The van der Waals surface area contributed by atoms with Crippen LogP contribution in [-0.4, -0.2) is 19.8 Å². The Balaban J connectivity index is 2.07. The number of halogens is 2. The van der Waals surface area contributed by atoms with E-state index in [4.69, 9.17) is 4.74 Å². The Labute approximate surface area is 84.9 Å². The number of rotatable bonds is 2. The molecule has 5 heteroatoms. The van der Waals surface area contributed by atoms with E-state index in [9.17, 15) is 8.78 Å². The van der Waals surface area contributed by atoms with Gasteiger partial charge in [0.2, 0.25) is 0 Å². The molecule has 0 unspecified atom stereocenters. The SMILES string of the molecule is FC(F)c1cc([C@@H]2COCCN2)cs1. The molecule has 0 aromatic carbocycles. The average molecular weight is 219 g/mol. The maximum atomic E-state index is 12.3. The van der Waals surface area contributed by atoms with Crippen LogP contribution in [0.15, 0.2) is 11.4 Å². The van der Waals surface area contributed by atoms with E-state index < -0.39 is 6.43 Å². The van der Waals surface area contributed by atoms with E-state index in [1.165, 1.54) is 0 Å². The third-order valence-corrected chi connectivity index (χ3v) is 3.14. The van der Waals surface area contributed by atoms with E-state index >= 15 is 0 Å². The van der Waals surface area contributed by atoms with Crippen LogP contribution in [0.5, 0.6) is 0 Å². The van der Waals surface area contributed by atoms with Crippen LogP contribution in [0.1, 0.15) is 22.9 Å². The summed E-state index contributed by atoms with van der Waals surface area (Å²) in [7, 11) is 0. The quantitative estimate of drug-likeness (QED) is 0.824. The summed E-state index contributed by atoms with van der Waals surface area (Å²) < 4.78 is 29.9. The van der Waals surface area contributed by atoms with Crippen LogP contribution >= 0.6 is 11.3 Å². The van der Waals surface area contributed by atoms with Gasteiger partial charge in [0.25, 0.3) is 6.43 Å². The Morgan fingerprint density at radius 3 is 3.00 bits per heavy atom. The van der Waals surface area contributed by atoms with Gasteiger partial charge in [-0.15, -0.1) is 11.3 Å². The third-order valence-electron chi connectivity index (χ3n) is 2.18. The van der Waals surface area contributed by atoms with Gasteiger partial charge in [0, 0.05) is 6.54 Å². The van der Waals surface area contributed by atoms with Crippen molar-refractivity contribution in [2.24, 2.45) is 0 Å². The van der Waals surface area contributed by atoms with Crippen molar-refractivity contribution in [3.63, 3.8) is 0 Å². The van der Waals surface area contributed by atoms with Gasteiger partial charge in [0.05, 0.1) is 24.1 Å². The highest BCUT2D eigenvalue weighted by Gasteiger charge is 2.18. The van der Waals surface area contributed by atoms with Crippen LogP contribution < -0.4 is 5.32 Å². The Kier molecular flexibility index (Phi) is 3.10. The highest BCUT2D eigenvalue weighted by Crippen LogP contribution is 2.29. The number of hydrogen-bond donors (Lipinski definition) is 1. The number of thiophene rings is 1. The molecular formula is C9H11F2NOS. The fraction of sp³-hybridized carbons (Fsp3) is 0.556. The zero-order valence-electron chi connectivity index (χ0n) is 7.50. The topological polar surface area (TPSA) is 21.3 Å². The van der Waals surface area contributed by atoms with Crippen molar-refractivity contribution in [1.82, 2.24) is 5.32 Å². The van der Waals surface area contributed by atoms with Gasteiger partial charge in [-0.25, -0.2) is 8.78 Å². The van der Waals surface area contributed by atoms with Gasteiger partial charge in [-0.3, -0.25) is 0 Å². The first kappa shape index (κ1) is 10.0. The van der Waals surface area contributed by atoms with Crippen LogP contribution in [0.4, 0.5) is 8.78 Å². The molecule has 1 fully saturated rings. The third kappa shape index (κ3) is 2.10. The smallest absolute Gasteiger partial charge is 0.272 e. The van der Waals surface area contributed by atoms with Crippen molar-refractivity contribution in [2.45, 2.75) is 12.5 Å². The molecule has 2 heterocycles. The van der Waals surface area contributed by atoms with Crippen molar-refractivity contribution in [2.75, 3.05) is 19.8 Å². The first-order valence-electron chi connectivity index (χ1n) is 4.45. The van der Waals surface area contributed by atoms with Gasteiger partial charge in [-0.05, 0) is 17.0 Å². The lowest BCUT2D eigenvalue weighted by atomic mass is 10.1. The van der Waals surface area contributed by atoms with Crippen LogP contribution in [0, 0.1) is 0 Å². The first-order chi connectivity index (χ1) is 6.77. The summed E-state index contributed by atoms with van der Waals surface area (Å²) in [4.78, 5) is 0.132. The van der Waals surface area contributed by atoms with E-state index in [0.29, 0.717) is 13.2 Å². The molecule has 78 valence electrons. The number of morpholine rings is 1. The minimum atomic E-state index is -2.36. The van der Waals surface area contributed by atoms with E-state index in [-0.39, 0.29) is 10.9 Å². The monoisotopic (exact) mass is 219 g/mol. The molecule has 0 amide bonds. The van der Waals surface area contributed by atoms with Gasteiger partial charge in [0.1, 0.15) is 0 Å². The molecule has 1 N–H and O–H groups in total. The number of nitrogens with one attached hydrogen (secondary N) is 1. The fourth-order valence-electron chi connectivity index (χ4n) is 1.45. The standard InChI is InChI=1S/C9H11F2NOS/c10-9(11)8-3-6(5-14-8)7-4-13-2-1-12-7/h3,5,7,9,12H,1-2,4H2/t7-/m0/s1. The molecule has 1 aromatic rings. The lowest BCUT2D eigenvalue weighted by molar-refractivity contribution is 0.0769. The Bertz CT molecular complexity index is 297. The maximum Gasteiger partial charge on any atom is 0.272 e. The largest absolute Gasteiger partial charge is 0.378 e. The molecular weight excluding hydrogens is 208 g/mol. The fourth-order valence-corrected chi connectivity index (χ4v) is 2.26. The predicted molar refractivity (Wildman–Crippen MR) is 50.8 cm³/mol. The highest BCUT2D eigenvalue weighted by atomic mass is 32.1. The minimum Gasteiger partial charge on any atom is -0.378 e. The molecule has 14 heavy (non-hydrogen) atoms. The van der Waals surface area contributed by atoms with Crippen molar-refractivity contribution in [3.05, 3.63) is 21.9 Å². The summed E-state index contributed by atoms with van der Waals surface area (Å²) >= 11 is 1.11. The summed E-state index contributed by atoms with van der Waals surface area (Å²) in [5.41, 5.74) is 0.907. The van der Waals surface area contributed by atoms with Gasteiger partial charge in [-0.1, -0.05) is 0 Å². The molecule has 1 atom stereocenters. The summed E-state index contributed by atoms with van der Waals surface area (Å²) in [5, 5.41) is 5.00. The lowest BCUT2D eigenvalue weighted by Crippen LogP contribution is -2.34. The Morgan fingerprint density at radius 2 is 2.43 bits per heavy atom. The summed E-state index contributed by atoms with van der Waals surface area (Å²) in [6.07, 6.45) is -2.36. The molecule has 1 saturated heterocycles. The van der Waals surface area contributed by atoms with E-state index in [1.807, 2.05) is 0 Å². The van der Waals surface area contributed by atoms with Crippen LogP contribution in [-0.2, 0) is 4.74 Å². The Hall–Kier alpha value is -0.520. The Morgan fingerprint density at radius 1 is 1.57 bits per heavy atom. The summed E-state index contributed by atoms with van der Waals surface area (Å²) in [6, 6.07) is 1.63. The molecule has 2 nitrogen and oxygen atoms in total. The average Bonchev–Trinajstić information content (AvgIpc) is 2.68. The van der Waals surface area contributed by atoms with Gasteiger partial charge >= 0.3 is 0 Å². The highest BCUT2D eigenvalue weighted by molar-refractivity contribution is 7.10. The lowest BCUT2D eigenvalue weighted by Gasteiger charge is -2.22. The normalized spacial score (nSPS) is 22.9. The maximum absolute atomic E-state index is 12.3. The number of ether oxygens (including phenoxy) is 1. The molecule has 0 saturated carbocycles. The predicted octanol–water partition coefficient (Wildman–Crippen LogP) is 2.35. The minimum absolute atomic E-state index is 0.0764. The zero-order chi connectivity index (χ0) is 9.97. The molecule has 0 bridgehead atoms.